The maximum Gasteiger partial charge on any atom is 0.449 e. The summed E-state index contributed by atoms with van der Waals surface area (Å²) in [5.74, 6) is -11.0. The van der Waals surface area contributed by atoms with Gasteiger partial charge < -0.3 is 33.9 Å². The fourth-order valence-corrected chi connectivity index (χ4v) is 5.37. The fraction of sp³-hybridized carbons (Fsp3) is 0.897. The molecule has 0 amide bonds. The van der Waals surface area contributed by atoms with E-state index in [-0.39, 0.29) is 48.4 Å². The molecule has 0 spiro atoms. The van der Waals surface area contributed by atoms with Gasteiger partial charge in [0.25, 0.3) is 0 Å². The summed E-state index contributed by atoms with van der Waals surface area (Å²) in [6.45, 7) is 22.4. The summed E-state index contributed by atoms with van der Waals surface area (Å²) in [6.07, 6.45) is -0.574. The van der Waals surface area contributed by atoms with Crippen LogP contribution in [0.1, 0.15) is 148 Å². The second kappa shape index (κ2) is 17.5. The molecule has 3 aliphatic rings. The topological polar surface area (TPSA) is 155 Å². The molecule has 322 valence electrons. The first-order chi connectivity index (χ1) is 24.5. The molecule has 2 heterocycles. The predicted octanol–water partition coefficient (Wildman–Crippen LogP) is 8.00. The molecule has 0 bridgehead atoms. The van der Waals surface area contributed by atoms with Crippen LogP contribution in [-0.4, -0.2) is 87.6 Å². The van der Waals surface area contributed by atoms with E-state index in [2.05, 4.69) is 9.47 Å². The van der Waals surface area contributed by atoms with Crippen molar-refractivity contribution in [1.82, 2.24) is 0 Å². The van der Waals surface area contributed by atoms with Crippen LogP contribution < -0.4 is 0 Å². The summed E-state index contributed by atoms with van der Waals surface area (Å²) < 4.78 is 90.4. The SMILES string of the molecule is CCC(C)(C)C(=O)OC1(C)CC(=O)OC1C.CCC(C)(C)C(=O)OC1(C)COC(O)(C(F)(F)F)C1(F)F.CCC(C)(C)C(=O)OC1CCC(C(C)(C)O)CC1. The third-order valence-electron chi connectivity index (χ3n) is 11.6. The van der Waals surface area contributed by atoms with Gasteiger partial charge in [0.15, 0.2) is 5.60 Å². The van der Waals surface area contributed by atoms with Gasteiger partial charge in [-0.2, -0.15) is 22.0 Å². The van der Waals surface area contributed by atoms with Gasteiger partial charge in [0, 0.05) is 0 Å². The van der Waals surface area contributed by atoms with Crippen LogP contribution in [0, 0.1) is 22.2 Å². The number of hydrogen-bond acceptors (Lipinski definition) is 11. The van der Waals surface area contributed by atoms with Crippen molar-refractivity contribution in [3.8, 4) is 0 Å². The molecule has 0 aromatic rings. The van der Waals surface area contributed by atoms with Gasteiger partial charge in [-0.1, -0.05) is 20.8 Å². The number of alkyl halides is 5. The molecule has 0 aromatic carbocycles. The van der Waals surface area contributed by atoms with E-state index >= 15 is 0 Å². The van der Waals surface area contributed by atoms with Gasteiger partial charge in [-0.25, -0.2) is 0 Å². The van der Waals surface area contributed by atoms with E-state index in [0.717, 1.165) is 32.1 Å². The van der Waals surface area contributed by atoms with E-state index in [1.165, 1.54) is 13.8 Å². The molecule has 2 saturated heterocycles. The van der Waals surface area contributed by atoms with Gasteiger partial charge in [0.2, 0.25) is 5.60 Å². The second-order valence-electron chi connectivity index (χ2n) is 17.9. The van der Waals surface area contributed by atoms with E-state index in [9.17, 15) is 51.3 Å². The molecule has 4 unspecified atom stereocenters. The summed E-state index contributed by atoms with van der Waals surface area (Å²) >= 11 is 0. The van der Waals surface area contributed by atoms with Crippen LogP contribution in [0.5, 0.6) is 0 Å². The lowest BCUT2D eigenvalue weighted by atomic mass is 9.78. The Morgan fingerprint density at radius 3 is 1.55 bits per heavy atom. The molecule has 2 N–H and O–H groups in total. The lowest BCUT2D eigenvalue weighted by molar-refractivity contribution is -0.409. The molecule has 3 rings (SSSR count). The molecule has 1 aliphatic carbocycles. The first kappa shape index (κ1) is 50.4. The minimum Gasteiger partial charge on any atom is -0.462 e. The van der Waals surface area contributed by atoms with E-state index in [4.69, 9.17) is 14.2 Å². The van der Waals surface area contributed by atoms with Gasteiger partial charge in [-0.05, 0) is 127 Å². The van der Waals surface area contributed by atoms with Crippen molar-refractivity contribution in [2.24, 2.45) is 22.2 Å². The molecular weight excluding hydrogens is 739 g/mol. The van der Waals surface area contributed by atoms with E-state index in [0.29, 0.717) is 19.3 Å². The van der Waals surface area contributed by atoms with Crippen LogP contribution in [0.25, 0.3) is 0 Å². The standard InChI is InChI=1S/C15H28O3.C12H17F5O4.C12H20O4/c1-6-14(2,3)13(16)18-12-9-7-11(8-10-12)15(4,5)17;1-5-8(2,3)7(18)21-9(4)6-20-11(19,10(9,13)14)12(15,16)17;1-6-11(3,4)10(14)16-12(5)7-9(13)15-8(12)2/h11-12,17H,6-10H2,1-5H3;19H,5-6H2,1-4H3;8H,6-7H2,1-5H3. The smallest absolute Gasteiger partial charge is 0.449 e. The lowest BCUT2D eigenvalue weighted by Crippen LogP contribution is -2.63. The maximum absolute atomic E-state index is 14.0. The highest BCUT2D eigenvalue weighted by Crippen LogP contribution is 2.55. The number of aliphatic hydroxyl groups is 2. The summed E-state index contributed by atoms with van der Waals surface area (Å²) in [4.78, 5) is 46.9. The minimum absolute atomic E-state index is 0.0434. The Morgan fingerprint density at radius 1 is 0.782 bits per heavy atom. The van der Waals surface area contributed by atoms with Gasteiger partial charge in [0.05, 0.1) is 34.9 Å². The van der Waals surface area contributed by atoms with Crippen molar-refractivity contribution in [2.45, 2.75) is 195 Å². The average Bonchev–Trinajstić information content (AvgIpc) is 3.42. The van der Waals surface area contributed by atoms with Crippen molar-refractivity contribution in [3.05, 3.63) is 0 Å². The fourth-order valence-electron chi connectivity index (χ4n) is 5.37. The van der Waals surface area contributed by atoms with E-state index in [1.807, 2.05) is 55.4 Å². The molecule has 1 saturated carbocycles. The maximum atomic E-state index is 14.0. The van der Waals surface area contributed by atoms with E-state index < -0.39 is 58.1 Å². The van der Waals surface area contributed by atoms with Crippen molar-refractivity contribution in [3.63, 3.8) is 0 Å². The Labute approximate surface area is 322 Å². The molecule has 2 aliphatic heterocycles. The Morgan fingerprint density at radius 2 is 1.20 bits per heavy atom. The van der Waals surface area contributed by atoms with Crippen molar-refractivity contribution in [2.75, 3.05) is 6.61 Å². The molecule has 3 fully saturated rings. The first-order valence-corrected chi connectivity index (χ1v) is 18.9. The highest BCUT2D eigenvalue weighted by molar-refractivity contribution is 5.79. The number of rotatable bonds is 10. The van der Waals surface area contributed by atoms with E-state index in [1.54, 1.807) is 20.8 Å². The van der Waals surface area contributed by atoms with Crippen LogP contribution in [0.3, 0.4) is 0 Å². The van der Waals surface area contributed by atoms with Gasteiger partial charge >= 0.3 is 41.8 Å². The first-order valence-electron chi connectivity index (χ1n) is 18.9. The number of esters is 4. The third kappa shape index (κ3) is 11.7. The zero-order valence-corrected chi connectivity index (χ0v) is 35.1. The summed E-state index contributed by atoms with van der Waals surface area (Å²) in [5, 5.41) is 19.1. The molecule has 0 aromatic heterocycles. The molecular formula is C39H65F5O11. The molecule has 55 heavy (non-hydrogen) atoms. The molecule has 11 nitrogen and oxygen atoms in total. The van der Waals surface area contributed by atoms with Crippen molar-refractivity contribution >= 4 is 23.9 Å². The summed E-state index contributed by atoms with van der Waals surface area (Å²) in [6, 6.07) is 0. The van der Waals surface area contributed by atoms with Gasteiger partial charge in [-0.3, -0.25) is 19.2 Å². The highest BCUT2D eigenvalue weighted by Gasteiger charge is 2.82. The van der Waals surface area contributed by atoms with Gasteiger partial charge in [-0.15, -0.1) is 0 Å². The van der Waals surface area contributed by atoms with Crippen LogP contribution in [0.15, 0.2) is 0 Å². The number of halogens is 5. The Bertz CT molecular complexity index is 1350. The number of cyclic esters (lactones) is 1. The molecule has 4 atom stereocenters. The highest BCUT2D eigenvalue weighted by atomic mass is 19.4. The molecule has 0 radical (unpaired) electrons. The Kier molecular flexibility index (Phi) is 16.0. The van der Waals surface area contributed by atoms with Crippen LogP contribution in [0.4, 0.5) is 22.0 Å². The Balaban J connectivity index is 0.000000416. The quantitative estimate of drug-likeness (QED) is 0.125. The monoisotopic (exact) mass is 804 g/mol. The predicted molar refractivity (Wildman–Crippen MR) is 191 cm³/mol. The van der Waals surface area contributed by atoms with Crippen molar-refractivity contribution in [1.29, 1.82) is 0 Å². The number of ether oxygens (including phenoxy) is 5. The summed E-state index contributed by atoms with van der Waals surface area (Å²) in [7, 11) is 0. The number of hydrogen-bond donors (Lipinski definition) is 2. The number of carbonyl (C=O) groups excluding carboxylic acids is 4. The summed E-state index contributed by atoms with van der Waals surface area (Å²) in [5.41, 5.74) is -6.40. The Hall–Kier alpha value is -2.59. The zero-order chi connectivity index (χ0) is 43.4. The second-order valence-corrected chi connectivity index (χ2v) is 17.9. The van der Waals surface area contributed by atoms with Crippen LogP contribution in [-0.2, 0) is 42.9 Å². The minimum atomic E-state index is -5.74. The lowest BCUT2D eigenvalue weighted by Gasteiger charge is -2.37. The van der Waals surface area contributed by atoms with Crippen molar-refractivity contribution < 1.29 is 75.0 Å². The van der Waals surface area contributed by atoms with Gasteiger partial charge in [0.1, 0.15) is 12.2 Å². The van der Waals surface area contributed by atoms with Crippen LogP contribution in [0.2, 0.25) is 0 Å². The third-order valence-corrected chi connectivity index (χ3v) is 11.6. The zero-order valence-electron chi connectivity index (χ0n) is 35.1. The molecule has 16 heteroatoms. The normalized spacial score (nSPS) is 29.8. The van der Waals surface area contributed by atoms with Crippen LogP contribution >= 0.6 is 0 Å². The number of carbonyl (C=O) groups is 4. The average molecular weight is 805 g/mol. The largest absolute Gasteiger partial charge is 0.462 e.